The zero-order chi connectivity index (χ0) is 8.85. The summed E-state index contributed by atoms with van der Waals surface area (Å²) in [6, 6.07) is 0. The number of rotatable bonds is 0. The first-order valence-corrected chi connectivity index (χ1v) is 5.36. The second-order valence-corrected chi connectivity index (χ2v) is 3.33. The third kappa shape index (κ3) is 3.27. The quantitative estimate of drug-likeness (QED) is 0.495. The summed E-state index contributed by atoms with van der Waals surface area (Å²) in [4.78, 5) is 0. The summed E-state index contributed by atoms with van der Waals surface area (Å²) in [6.45, 7) is 10.4. The predicted octanol–water partition coefficient (Wildman–Crippen LogP) is 4.10. The van der Waals surface area contributed by atoms with E-state index in [1.807, 2.05) is 27.7 Å². The molecule has 0 amide bonds. The summed E-state index contributed by atoms with van der Waals surface area (Å²) < 4.78 is 0. The van der Waals surface area contributed by atoms with E-state index in [9.17, 15) is 0 Å². The molecule has 0 N–H and O–H groups in total. The molecule has 11 heavy (non-hydrogen) atoms. The van der Waals surface area contributed by atoms with Gasteiger partial charge in [0.1, 0.15) is 0 Å². The molecule has 2 unspecified atom stereocenters. The molecule has 0 radical (unpaired) electrons. The minimum absolute atomic E-state index is 1.07. The Bertz CT molecular complexity index is 76.0. The van der Waals surface area contributed by atoms with Crippen molar-refractivity contribution in [3.63, 3.8) is 0 Å². The van der Waals surface area contributed by atoms with E-state index in [0.717, 1.165) is 5.92 Å². The van der Waals surface area contributed by atoms with Gasteiger partial charge < -0.3 is 0 Å². The van der Waals surface area contributed by atoms with Crippen molar-refractivity contribution in [2.24, 2.45) is 17.8 Å². The lowest BCUT2D eigenvalue weighted by molar-refractivity contribution is 0.535. The molecule has 0 heterocycles. The molecule has 0 nitrogen and oxygen atoms in total. The molecular formula is C11H24. The van der Waals surface area contributed by atoms with Crippen LogP contribution in [0.2, 0.25) is 0 Å². The maximum Gasteiger partial charge on any atom is -0.0380 e. The fraction of sp³-hybridized carbons (Fsp3) is 1.00. The summed E-state index contributed by atoms with van der Waals surface area (Å²) in [6.07, 6.45) is 4.67. The Labute approximate surface area is 72.4 Å². The molecule has 2 atom stereocenters. The maximum atomic E-state index is 2.38. The van der Waals surface area contributed by atoms with Crippen LogP contribution in [0.25, 0.3) is 0 Å². The van der Waals surface area contributed by atoms with Gasteiger partial charge in [-0.2, -0.15) is 0 Å². The molecule has 2 aliphatic carbocycles. The SMILES string of the molecule is CC.CC.CC1CC2CC2C1. The van der Waals surface area contributed by atoms with Crippen molar-refractivity contribution in [1.82, 2.24) is 0 Å². The summed E-state index contributed by atoms with van der Waals surface area (Å²) >= 11 is 0. The molecule has 2 rings (SSSR count). The van der Waals surface area contributed by atoms with Gasteiger partial charge in [-0.3, -0.25) is 0 Å². The minimum Gasteiger partial charge on any atom is -0.0683 e. The fourth-order valence-electron chi connectivity index (χ4n) is 2.02. The highest BCUT2D eigenvalue weighted by Crippen LogP contribution is 2.53. The van der Waals surface area contributed by atoms with Crippen LogP contribution in [0.1, 0.15) is 53.9 Å². The van der Waals surface area contributed by atoms with Crippen molar-refractivity contribution >= 4 is 0 Å². The first-order chi connectivity index (χ1) is 5.36. The standard InChI is InChI=1S/C7H12.2C2H6/c1-5-2-6-4-7(6)3-5;2*1-2/h5-7H,2-4H2,1H3;2*1-2H3. The van der Waals surface area contributed by atoms with E-state index in [1.165, 1.54) is 11.8 Å². The highest BCUT2D eigenvalue weighted by Gasteiger charge is 2.43. The van der Waals surface area contributed by atoms with Crippen LogP contribution in [0.15, 0.2) is 0 Å². The maximum absolute atomic E-state index is 2.38. The van der Waals surface area contributed by atoms with Crippen LogP contribution < -0.4 is 0 Å². The van der Waals surface area contributed by atoms with Gasteiger partial charge >= 0.3 is 0 Å². The Kier molecular flexibility index (Phi) is 5.62. The number of fused-ring (bicyclic) bond motifs is 1. The van der Waals surface area contributed by atoms with E-state index >= 15 is 0 Å². The van der Waals surface area contributed by atoms with Gasteiger partial charge in [-0.25, -0.2) is 0 Å². The van der Waals surface area contributed by atoms with E-state index in [1.54, 1.807) is 19.3 Å². The molecule has 0 aromatic heterocycles. The van der Waals surface area contributed by atoms with Crippen LogP contribution in [0, 0.1) is 17.8 Å². The van der Waals surface area contributed by atoms with Crippen molar-refractivity contribution in [3.05, 3.63) is 0 Å². The van der Waals surface area contributed by atoms with E-state index in [2.05, 4.69) is 6.92 Å². The highest BCUT2D eigenvalue weighted by molar-refractivity contribution is 4.94. The normalized spacial score (nSPS) is 37.4. The van der Waals surface area contributed by atoms with Crippen molar-refractivity contribution < 1.29 is 0 Å². The van der Waals surface area contributed by atoms with Gasteiger partial charge in [-0.15, -0.1) is 0 Å². The second-order valence-electron chi connectivity index (χ2n) is 3.33. The van der Waals surface area contributed by atoms with Crippen molar-refractivity contribution in [3.8, 4) is 0 Å². The smallest absolute Gasteiger partial charge is 0.0380 e. The summed E-state index contributed by atoms with van der Waals surface area (Å²) in [5.74, 6) is 3.45. The summed E-state index contributed by atoms with van der Waals surface area (Å²) in [5, 5.41) is 0. The van der Waals surface area contributed by atoms with Crippen molar-refractivity contribution in [1.29, 1.82) is 0 Å². The molecule has 2 saturated carbocycles. The highest BCUT2D eigenvalue weighted by atomic mass is 14.5. The van der Waals surface area contributed by atoms with E-state index < -0.39 is 0 Å². The Balaban J connectivity index is 0.000000222. The number of hydrogen-bond acceptors (Lipinski definition) is 0. The molecule has 0 aromatic rings. The van der Waals surface area contributed by atoms with Gasteiger partial charge in [-0.05, 0) is 37.0 Å². The number of hydrogen-bond donors (Lipinski definition) is 0. The van der Waals surface area contributed by atoms with Gasteiger partial charge in [0.25, 0.3) is 0 Å². The molecule has 0 aromatic carbocycles. The van der Waals surface area contributed by atoms with Gasteiger partial charge in [0.05, 0.1) is 0 Å². The van der Waals surface area contributed by atoms with Crippen LogP contribution in [0.4, 0.5) is 0 Å². The lowest BCUT2D eigenvalue weighted by Crippen LogP contribution is -1.86. The second kappa shape index (κ2) is 5.62. The van der Waals surface area contributed by atoms with Gasteiger partial charge in [0, 0.05) is 0 Å². The molecule has 2 fully saturated rings. The Morgan fingerprint density at radius 3 is 1.27 bits per heavy atom. The van der Waals surface area contributed by atoms with E-state index in [0.29, 0.717) is 0 Å². The fourth-order valence-corrected chi connectivity index (χ4v) is 2.02. The van der Waals surface area contributed by atoms with Gasteiger partial charge in [0.15, 0.2) is 0 Å². The molecular weight excluding hydrogens is 132 g/mol. The zero-order valence-electron chi connectivity index (χ0n) is 8.85. The molecule has 2 aliphatic rings. The van der Waals surface area contributed by atoms with Crippen molar-refractivity contribution in [2.75, 3.05) is 0 Å². The molecule has 0 bridgehead atoms. The lowest BCUT2D eigenvalue weighted by Gasteiger charge is -1.98. The average Bonchev–Trinajstić information content (AvgIpc) is 2.68. The van der Waals surface area contributed by atoms with Gasteiger partial charge in [0.2, 0.25) is 0 Å². The monoisotopic (exact) mass is 156 g/mol. The lowest BCUT2D eigenvalue weighted by atomic mass is 10.1. The van der Waals surface area contributed by atoms with Crippen LogP contribution in [0.5, 0.6) is 0 Å². The molecule has 0 saturated heterocycles. The largest absolute Gasteiger partial charge is 0.0683 e. The van der Waals surface area contributed by atoms with E-state index in [4.69, 9.17) is 0 Å². The Morgan fingerprint density at radius 1 is 0.727 bits per heavy atom. The first-order valence-electron chi connectivity index (χ1n) is 5.36. The molecule has 0 heteroatoms. The van der Waals surface area contributed by atoms with E-state index in [-0.39, 0.29) is 0 Å². The first kappa shape index (κ1) is 11.0. The average molecular weight is 156 g/mol. The summed E-state index contributed by atoms with van der Waals surface area (Å²) in [5.41, 5.74) is 0. The zero-order valence-corrected chi connectivity index (χ0v) is 8.85. The van der Waals surface area contributed by atoms with Crippen LogP contribution in [-0.4, -0.2) is 0 Å². The molecule has 0 spiro atoms. The Hall–Kier alpha value is 0. The van der Waals surface area contributed by atoms with Gasteiger partial charge in [-0.1, -0.05) is 34.6 Å². The van der Waals surface area contributed by atoms with Crippen LogP contribution in [-0.2, 0) is 0 Å². The van der Waals surface area contributed by atoms with Crippen molar-refractivity contribution in [2.45, 2.75) is 53.9 Å². The minimum atomic E-state index is 1.07. The molecule has 0 aliphatic heterocycles. The van der Waals surface area contributed by atoms with Crippen LogP contribution >= 0.6 is 0 Å². The van der Waals surface area contributed by atoms with Crippen LogP contribution in [0.3, 0.4) is 0 Å². The predicted molar refractivity (Wildman–Crippen MR) is 52.7 cm³/mol. The summed E-state index contributed by atoms with van der Waals surface area (Å²) in [7, 11) is 0. The topological polar surface area (TPSA) is 0 Å². The third-order valence-corrected chi connectivity index (χ3v) is 2.48. The molecule has 68 valence electrons. The Morgan fingerprint density at radius 2 is 1.09 bits per heavy atom. The third-order valence-electron chi connectivity index (χ3n) is 2.48.